The molecule has 1 atom stereocenters. The van der Waals surface area contributed by atoms with Crippen molar-refractivity contribution >= 4 is 23.1 Å². The number of aromatic nitrogens is 3. The predicted molar refractivity (Wildman–Crippen MR) is 82.0 cm³/mol. The zero-order valence-electron chi connectivity index (χ0n) is 12.4. The molecule has 2 heterocycles. The fourth-order valence-corrected chi connectivity index (χ4v) is 2.59. The molecule has 2 aromatic heterocycles. The molecule has 0 bridgehead atoms. The van der Waals surface area contributed by atoms with Gasteiger partial charge in [-0.1, -0.05) is 13.8 Å². The van der Waals surface area contributed by atoms with Crippen molar-refractivity contribution in [3.63, 3.8) is 0 Å². The Morgan fingerprint density at radius 2 is 2.00 bits per heavy atom. The van der Waals surface area contributed by atoms with Crippen LogP contribution in [-0.4, -0.2) is 26.0 Å². The molecule has 0 radical (unpaired) electrons. The Labute approximate surface area is 127 Å². The largest absolute Gasteiger partial charge is 0.476 e. The number of nitrogens with one attached hydrogen (secondary N) is 1. The molecule has 0 aliphatic rings. The highest BCUT2D eigenvalue weighted by molar-refractivity contribution is 7.09. The molecule has 0 aliphatic heterocycles. The van der Waals surface area contributed by atoms with Crippen molar-refractivity contribution in [2.75, 3.05) is 5.32 Å². The van der Waals surface area contributed by atoms with Crippen LogP contribution in [0.1, 0.15) is 59.7 Å². The number of nitrogens with zero attached hydrogens (tertiary/aromatic N) is 3. The highest BCUT2D eigenvalue weighted by Gasteiger charge is 2.15. The van der Waals surface area contributed by atoms with Crippen LogP contribution in [0.2, 0.25) is 0 Å². The van der Waals surface area contributed by atoms with E-state index < -0.39 is 5.97 Å². The standard InChI is InChI=1S/C14H18N4O2S/c1-7(2)12-15-8(3)5-11(18-12)16-9(4)13-17-10(6-21-13)14(19)20/h5-7,9H,1-4H3,(H,19,20)(H,15,16,18). The Morgan fingerprint density at radius 3 is 2.57 bits per heavy atom. The van der Waals surface area contributed by atoms with Crippen LogP contribution in [0.15, 0.2) is 11.4 Å². The molecular weight excluding hydrogens is 288 g/mol. The molecule has 0 saturated heterocycles. The second kappa shape index (κ2) is 6.17. The lowest BCUT2D eigenvalue weighted by atomic mass is 10.2. The number of thiazole rings is 1. The minimum absolute atomic E-state index is 0.0744. The quantitative estimate of drug-likeness (QED) is 0.881. The molecule has 7 heteroatoms. The van der Waals surface area contributed by atoms with Gasteiger partial charge in [0, 0.05) is 23.1 Å². The van der Waals surface area contributed by atoms with Crippen LogP contribution in [0, 0.1) is 6.92 Å². The molecule has 1 unspecified atom stereocenters. The summed E-state index contributed by atoms with van der Waals surface area (Å²) >= 11 is 1.32. The fourth-order valence-electron chi connectivity index (χ4n) is 1.79. The number of anilines is 1. The SMILES string of the molecule is Cc1cc(NC(C)c2nc(C(=O)O)cs2)nc(C(C)C)n1. The van der Waals surface area contributed by atoms with Crippen molar-refractivity contribution in [3.8, 4) is 0 Å². The fraction of sp³-hybridized carbons (Fsp3) is 0.429. The van der Waals surface area contributed by atoms with E-state index in [1.807, 2.05) is 33.8 Å². The molecule has 0 aromatic carbocycles. The molecule has 112 valence electrons. The highest BCUT2D eigenvalue weighted by Crippen LogP contribution is 2.23. The average Bonchev–Trinajstić information content (AvgIpc) is 2.87. The van der Waals surface area contributed by atoms with Crippen LogP contribution in [0.5, 0.6) is 0 Å². The molecular formula is C14H18N4O2S. The number of hydrogen-bond acceptors (Lipinski definition) is 6. The van der Waals surface area contributed by atoms with Gasteiger partial charge in [0.05, 0.1) is 6.04 Å². The van der Waals surface area contributed by atoms with Crippen molar-refractivity contribution in [1.29, 1.82) is 0 Å². The molecule has 2 N–H and O–H groups in total. The Kier molecular flexibility index (Phi) is 4.52. The molecule has 0 amide bonds. The summed E-state index contributed by atoms with van der Waals surface area (Å²) in [6.45, 7) is 7.94. The number of carboxylic acid groups (broad SMARTS) is 1. The average molecular weight is 306 g/mol. The highest BCUT2D eigenvalue weighted by atomic mass is 32.1. The van der Waals surface area contributed by atoms with Crippen molar-refractivity contribution < 1.29 is 9.90 Å². The Morgan fingerprint density at radius 1 is 1.29 bits per heavy atom. The number of hydrogen-bond donors (Lipinski definition) is 2. The van der Waals surface area contributed by atoms with Crippen LogP contribution in [0.25, 0.3) is 0 Å². The smallest absolute Gasteiger partial charge is 0.355 e. The van der Waals surface area contributed by atoms with Gasteiger partial charge >= 0.3 is 5.97 Å². The van der Waals surface area contributed by atoms with E-state index >= 15 is 0 Å². The third-order valence-corrected chi connectivity index (χ3v) is 3.89. The molecule has 0 aliphatic carbocycles. The first-order valence-corrected chi connectivity index (χ1v) is 7.55. The van der Waals surface area contributed by atoms with Gasteiger partial charge in [-0.05, 0) is 13.8 Å². The second-order valence-corrected chi connectivity index (χ2v) is 6.04. The van der Waals surface area contributed by atoms with Gasteiger partial charge in [-0.3, -0.25) is 0 Å². The molecule has 2 rings (SSSR count). The number of aromatic carboxylic acids is 1. The summed E-state index contributed by atoms with van der Waals surface area (Å²) in [4.78, 5) is 23.8. The van der Waals surface area contributed by atoms with Gasteiger partial charge in [0.15, 0.2) is 5.69 Å². The lowest BCUT2D eigenvalue weighted by Gasteiger charge is -2.14. The van der Waals surface area contributed by atoms with Gasteiger partial charge in [-0.25, -0.2) is 19.7 Å². The van der Waals surface area contributed by atoms with Crippen molar-refractivity contribution in [1.82, 2.24) is 15.0 Å². The lowest BCUT2D eigenvalue weighted by molar-refractivity contribution is 0.0691. The van der Waals surface area contributed by atoms with Gasteiger partial charge < -0.3 is 10.4 Å². The molecule has 6 nitrogen and oxygen atoms in total. The van der Waals surface area contributed by atoms with E-state index in [9.17, 15) is 4.79 Å². The first-order valence-electron chi connectivity index (χ1n) is 6.67. The van der Waals surface area contributed by atoms with Crippen LogP contribution in [-0.2, 0) is 0 Å². The first kappa shape index (κ1) is 15.4. The van der Waals surface area contributed by atoms with E-state index in [0.29, 0.717) is 0 Å². The molecule has 0 saturated carbocycles. The molecule has 2 aromatic rings. The van der Waals surface area contributed by atoms with E-state index in [4.69, 9.17) is 5.11 Å². The van der Waals surface area contributed by atoms with Crippen molar-refractivity contribution in [2.24, 2.45) is 0 Å². The van der Waals surface area contributed by atoms with E-state index in [2.05, 4.69) is 20.3 Å². The Hall–Kier alpha value is -2.02. The molecule has 0 fully saturated rings. The van der Waals surface area contributed by atoms with Crippen LogP contribution in [0.4, 0.5) is 5.82 Å². The normalized spacial score (nSPS) is 12.4. The van der Waals surface area contributed by atoms with Crippen molar-refractivity contribution in [2.45, 2.75) is 39.7 Å². The maximum absolute atomic E-state index is 10.9. The summed E-state index contributed by atoms with van der Waals surface area (Å²) in [5.41, 5.74) is 0.971. The van der Waals surface area contributed by atoms with E-state index in [1.165, 1.54) is 11.3 Å². The van der Waals surface area contributed by atoms with Crippen molar-refractivity contribution in [3.05, 3.63) is 33.7 Å². The van der Waals surface area contributed by atoms with Gasteiger partial charge in [0.1, 0.15) is 16.6 Å². The van der Waals surface area contributed by atoms with Gasteiger partial charge in [-0.2, -0.15) is 0 Å². The van der Waals surface area contributed by atoms with Crippen LogP contribution >= 0.6 is 11.3 Å². The van der Waals surface area contributed by atoms with E-state index in [0.717, 1.165) is 22.3 Å². The predicted octanol–water partition coefficient (Wildman–Crippen LogP) is 3.24. The zero-order chi connectivity index (χ0) is 15.6. The van der Waals surface area contributed by atoms with Crippen LogP contribution in [0.3, 0.4) is 0 Å². The zero-order valence-corrected chi connectivity index (χ0v) is 13.2. The number of aryl methyl sites for hydroxylation is 1. The number of rotatable bonds is 5. The number of carboxylic acids is 1. The summed E-state index contributed by atoms with van der Waals surface area (Å²) < 4.78 is 0. The molecule has 21 heavy (non-hydrogen) atoms. The van der Waals surface area contributed by atoms with Gasteiger partial charge in [-0.15, -0.1) is 11.3 Å². The summed E-state index contributed by atoms with van der Waals surface area (Å²) in [6.07, 6.45) is 0. The minimum Gasteiger partial charge on any atom is -0.476 e. The summed E-state index contributed by atoms with van der Waals surface area (Å²) in [5, 5.41) is 14.4. The number of carbonyl (C=O) groups is 1. The second-order valence-electron chi connectivity index (χ2n) is 5.15. The first-order chi connectivity index (χ1) is 9.86. The lowest BCUT2D eigenvalue weighted by Crippen LogP contribution is -2.11. The monoisotopic (exact) mass is 306 g/mol. The molecule has 0 spiro atoms. The maximum atomic E-state index is 10.9. The summed E-state index contributed by atoms with van der Waals surface area (Å²) in [5.74, 6) is 0.754. The minimum atomic E-state index is -1.01. The Balaban J connectivity index is 2.18. The third kappa shape index (κ3) is 3.75. The van der Waals surface area contributed by atoms with Gasteiger partial charge in [0.25, 0.3) is 0 Å². The van der Waals surface area contributed by atoms with E-state index in [1.54, 1.807) is 5.38 Å². The van der Waals surface area contributed by atoms with E-state index in [-0.39, 0.29) is 17.7 Å². The van der Waals surface area contributed by atoms with Gasteiger partial charge in [0.2, 0.25) is 0 Å². The third-order valence-electron chi connectivity index (χ3n) is 2.86. The summed E-state index contributed by atoms with van der Waals surface area (Å²) in [7, 11) is 0. The Bertz CT molecular complexity index is 654. The maximum Gasteiger partial charge on any atom is 0.355 e. The van der Waals surface area contributed by atoms with Crippen LogP contribution < -0.4 is 5.32 Å². The topological polar surface area (TPSA) is 88.0 Å². The summed E-state index contributed by atoms with van der Waals surface area (Å²) in [6, 6.07) is 1.76.